The summed E-state index contributed by atoms with van der Waals surface area (Å²) in [6, 6.07) is 17.5. The van der Waals surface area contributed by atoms with E-state index in [9.17, 15) is 9.59 Å². The monoisotopic (exact) mass is 456 g/mol. The van der Waals surface area contributed by atoms with Gasteiger partial charge in [-0.2, -0.15) is 0 Å². The van der Waals surface area contributed by atoms with E-state index < -0.39 is 24.0 Å². The molecule has 2 aromatic carbocycles. The Hall–Kier alpha value is -2.45. The Morgan fingerprint density at radius 1 is 0.733 bits per heavy atom. The Morgan fingerprint density at radius 2 is 1.03 bits per heavy atom. The number of hydrogen-bond acceptors (Lipinski definition) is 7. The SMILES string of the molecule is C=O.N[C@@H](Cc1ccccc1)C(=O)OCCl.N[C@@H](Cc1ccccc1)C(=O)OCCl. The number of benzene rings is 2. The molecule has 164 valence electrons. The van der Waals surface area contributed by atoms with Crippen molar-refractivity contribution in [2.24, 2.45) is 11.5 Å². The molecule has 0 aromatic heterocycles. The number of nitrogens with two attached hydrogens (primary N) is 2. The van der Waals surface area contributed by atoms with Crippen molar-refractivity contribution in [1.82, 2.24) is 0 Å². The fraction of sp³-hybridized carbons (Fsp3) is 0.286. The van der Waals surface area contributed by atoms with Crippen LogP contribution in [0.25, 0.3) is 0 Å². The van der Waals surface area contributed by atoms with Crippen LogP contribution in [0.4, 0.5) is 0 Å². The first kappa shape index (κ1) is 27.5. The number of halogens is 2. The minimum atomic E-state index is -0.642. The van der Waals surface area contributed by atoms with E-state index in [-0.39, 0.29) is 12.1 Å². The smallest absolute Gasteiger partial charge is 0.324 e. The number of rotatable bonds is 8. The largest absolute Gasteiger partial charge is 0.448 e. The number of carbonyl (C=O) groups excluding carboxylic acids is 3. The van der Waals surface area contributed by atoms with Gasteiger partial charge in [-0.25, -0.2) is 0 Å². The molecule has 9 heteroatoms. The van der Waals surface area contributed by atoms with Crippen LogP contribution in [0.5, 0.6) is 0 Å². The highest BCUT2D eigenvalue weighted by Crippen LogP contribution is 2.04. The summed E-state index contributed by atoms with van der Waals surface area (Å²) in [6.45, 7) is 2.00. The molecule has 0 radical (unpaired) electrons. The highest BCUT2D eigenvalue weighted by Gasteiger charge is 2.15. The van der Waals surface area contributed by atoms with Gasteiger partial charge in [0.2, 0.25) is 0 Å². The summed E-state index contributed by atoms with van der Waals surface area (Å²) in [5.74, 6) is -0.937. The second-order valence-corrected chi connectivity index (χ2v) is 6.17. The standard InChI is InChI=1S/2C10H12ClNO2.CH2O/c2*11-7-14-10(13)9(12)6-8-4-2-1-3-5-8;1-2/h2*1-5,9H,6-7,12H2;1H2/t2*9-;/m00./s1. The molecule has 0 heterocycles. The first-order valence-corrected chi connectivity index (χ1v) is 9.88. The predicted octanol–water partition coefficient (Wildman–Crippen LogP) is 2.41. The second kappa shape index (κ2) is 17.4. The van der Waals surface area contributed by atoms with Crippen molar-refractivity contribution in [3.8, 4) is 0 Å². The average molecular weight is 457 g/mol. The van der Waals surface area contributed by atoms with E-state index in [0.29, 0.717) is 12.8 Å². The molecular formula is C21H26Cl2N2O5. The van der Waals surface area contributed by atoms with Crippen LogP contribution in [-0.2, 0) is 36.7 Å². The van der Waals surface area contributed by atoms with Crippen LogP contribution in [0.3, 0.4) is 0 Å². The normalized spacial score (nSPS) is 11.5. The summed E-state index contributed by atoms with van der Waals surface area (Å²) in [4.78, 5) is 30.2. The third kappa shape index (κ3) is 12.2. The van der Waals surface area contributed by atoms with Crippen LogP contribution in [0.1, 0.15) is 11.1 Å². The number of carbonyl (C=O) groups is 3. The van der Waals surface area contributed by atoms with Crippen LogP contribution < -0.4 is 11.5 Å². The Labute approximate surface area is 186 Å². The van der Waals surface area contributed by atoms with E-state index in [4.69, 9.17) is 39.5 Å². The molecule has 0 amide bonds. The van der Waals surface area contributed by atoms with Crippen LogP contribution >= 0.6 is 23.2 Å². The fourth-order valence-corrected chi connectivity index (χ4v) is 2.44. The molecule has 2 aromatic rings. The zero-order valence-corrected chi connectivity index (χ0v) is 17.9. The minimum absolute atomic E-state index is 0.151. The van der Waals surface area contributed by atoms with E-state index in [0.717, 1.165) is 11.1 Å². The molecule has 2 rings (SSSR count). The maximum Gasteiger partial charge on any atom is 0.324 e. The van der Waals surface area contributed by atoms with Gasteiger partial charge < -0.3 is 25.7 Å². The molecule has 30 heavy (non-hydrogen) atoms. The predicted molar refractivity (Wildman–Crippen MR) is 117 cm³/mol. The summed E-state index contributed by atoms with van der Waals surface area (Å²) in [5.41, 5.74) is 13.2. The Kier molecular flexibility index (Phi) is 16.0. The van der Waals surface area contributed by atoms with Crippen molar-refractivity contribution in [2.45, 2.75) is 24.9 Å². The molecule has 0 aliphatic carbocycles. The molecule has 0 unspecified atom stereocenters. The maximum absolute atomic E-state index is 11.1. The zero-order valence-electron chi connectivity index (χ0n) is 16.4. The first-order chi connectivity index (χ1) is 14.5. The van der Waals surface area contributed by atoms with Crippen molar-refractivity contribution in [3.05, 3.63) is 71.8 Å². The summed E-state index contributed by atoms with van der Waals surface area (Å²) >= 11 is 10.5. The summed E-state index contributed by atoms with van der Waals surface area (Å²) in [6.07, 6.45) is 0.938. The summed E-state index contributed by atoms with van der Waals surface area (Å²) in [7, 11) is 0. The van der Waals surface area contributed by atoms with Crippen molar-refractivity contribution in [1.29, 1.82) is 0 Å². The van der Waals surface area contributed by atoms with E-state index in [2.05, 4.69) is 9.47 Å². The van der Waals surface area contributed by atoms with Gasteiger partial charge in [0.1, 0.15) is 18.9 Å². The van der Waals surface area contributed by atoms with E-state index in [1.54, 1.807) is 0 Å². The van der Waals surface area contributed by atoms with Gasteiger partial charge >= 0.3 is 11.9 Å². The maximum atomic E-state index is 11.1. The number of ether oxygens (including phenoxy) is 2. The van der Waals surface area contributed by atoms with Gasteiger partial charge in [0.25, 0.3) is 0 Å². The number of esters is 2. The van der Waals surface area contributed by atoms with E-state index in [1.165, 1.54) is 0 Å². The van der Waals surface area contributed by atoms with Crippen molar-refractivity contribution in [2.75, 3.05) is 12.1 Å². The van der Waals surface area contributed by atoms with Gasteiger partial charge in [0, 0.05) is 0 Å². The highest BCUT2D eigenvalue weighted by atomic mass is 35.5. The van der Waals surface area contributed by atoms with Crippen molar-refractivity contribution < 1.29 is 23.9 Å². The molecule has 0 aliphatic heterocycles. The van der Waals surface area contributed by atoms with Gasteiger partial charge in [-0.3, -0.25) is 9.59 Å². The third-order valence-corrected chi connectivity index (χ3v) is 3.81. The molecule has 0 spiro atoms. The zero-order chi connectivity index (χ0) is 22.8. The minimum Gasteiger partial charge on any atom is -0.448 e. The van der Waals surface area contributed by atoms with Gasteiger partial charge in [0.05, 0.1) is 0 Å². The Balaban J connectivity index is 0.000000518. The Bertz CT molecular complexity index is 658. The van der Waals surface area contributed by atoms with Gasteiger partial charge in [-0.05, 0) is 24.0 Å². The lowest BCUT2D eigenvalue weighted by Crippen LogP contribution is -2.34. The van der Waals surface area contributed by atoms with Crippen LogP contribution in [0.15, 0.2) is 60.7 Å². The summed E-state index contributed by atoms with van der Waals surface area (Å²) in [5, 5.41) is 0. The lowest BCUT2D eigenvalue weighted by atomic mass is 10.1. The van der Waals surface area contributed by atoms with Crippen LogP contribution in [-0.4, -0.2) is 42.9 Å². The second-order valence-electron chi connectivity index (χ2n) is 5.74. The van der Waals surface area contributed by atoms with Crippen LogP contribution in [0, 0.1) is 0 Å². The molecule has 4 N–H and O–H groups in total. The molecule has 0 bridgehead atoms. The average Bonchev–Trinajstić information content (AvgIpc) is 2.77. The molecular weight excluding hydrogens is 431 g/mol. The lowest BCUT2D eigenvalue weighted by molar-refractivity contribution is -0.143. The quantitative estimate of drug-likeness (QED) is 0.461. The Morgan fingerprint density at radius 3 is 1.30 bits per heavy atom. The molecule has 0 aliphatic rings. The van der Waals surface area contributed by atoms with Crippen LogP contribution in [0.2, 0.25) is 0 Å². The van der Waals surface area contributed by atoms with Gasteiger partial charge in [-0.15, -0.1) is 0 Å². The van der Waals surface area contributed by atoms with Crippen molar-refractivity contribution in [3.63, 3.8) is 0 Å². The summed E-state index contributed by atoms with van der Waals surface area (Å²) < 4.78 is 9.15. The molecule has 0 saturated heterocycles. The van der Waals surface area contributed by atoms with E-state index >= 15 is 0 Å². The molecule has 7 nitrogen and oxygen atoms in total. The fourth-order valence-electron chi connectivity index (χ4n) is 2.22. The van der Waals surface area contributed by atoms with Gasteiger partial charge in [0.15, 0.2) is 12.1 Å². The molecule has 0 fully saturated rings. The molecule has 0 saturated carbocycles. The van der Waals surface area contributed by atoms with Gasteiger partial charge in [-0.1, -0.05) is 83.9 Å². The molecule has 2 atom stereocenters. The number of hydrogen-bond donors (Lipinski definition) is 2. The number of alkyl halides is 2. The first-order valence-electron chi connectivity index (χ1n) is 8.81. The topological polar surface area (TPSA) is 122 Å². The lowest BCUT2D eigenvalue weighted by Gasteiger charge is -2.09. The van der Waals surface area contributed by atoms with Crippen molar-refractivity contribution >= 4 is 41.9 Å². The third-order valence-electron chi connectivity index (χ3n) is 3.60. The highest BCUT2D eigenvalue weighted by molar-refractivity contribution is 6.17. The van der Waals surface area contributed by atoms with E-state index in [1.807, 2.05) is 67.5 Å².